The van der Waals surface area contributed by atoms with Gasteiger partial charge >= 0.3 is 7.55 Å². The fourth-order valence-corrected chi connectivity index (χ4v) is 3.24. The maximum atomic E-state index is 4.69. The van der Waals surface area contributed by atoms with Crippen molar-refractivity contribution in [3.05, 3.63) is 72.1 Å². The van der Waals surface area contributed by atoms with Crippen LogP contribution in [0.3, 0.4) is 0 Å². The maximum absolute atomic E-state index is 4.69. The Hall–Kier alpha value is -2.82. The standard InChI is InChI=1S/C22H24BN4/c1-15(2)17-9-11-21(24-13-17)26-19-7-5-6-8-20(19)27(23-26)22-12-10-18(14-25-22)16(3)4/h5-16H,1-4H3. The van der Waals surface area contributed by atoms with Crippen LogP contribution in [0.25, 0.3) is 0 Å². The fourth-order valence-electron chi connectivity index (χ4n) is 3.24. The van der Waals surface area contributed by atoms with Crippen molar-refractivity contribution in [3.63, 3.8) is 0 Å². The first-order chi connectivity index (χ1) is 13.0. The van der Waals surface area contributed by atoms with Crippen LogP contribution in [0.2, 0.25) is 0 Å². The third kappa shape index (κ3) is 3.30. The van der Waals surface area contributed by atoms with Gasteiger partial charge in [0.1, 0.15) is 11.6 Å². The van der Waals surface area contributed by atoms with E-state index >= 15 is 0 Å². The Morgan fingerprint density at radius 2 is 1.11 bits per heavy atom. The predicted octanol–water partition coefficient (Wildman–Crippen LogP) is 5.55. The summed E-state index contributed by atoms with van der Waals surface area (Å²) in [6.45, 7) is 8.73. The van der Waals surface area contributed by atoms with Gasteiger partial charge in [0, 0.05) is 12.4 Å². The van der Waals surface area contributed by atoms with E-state index in [-0.39, 0.29) is 0 Å². The summed E-state index contributed by atoms with van der Waals surface area (Å²) in [5.74, 6) is 2.77. The molecule has 0 aliphatic carbocycles. The molecule has 27 heavy (non-hydrogen) atoms. The quantitative estimate of drug-likeness (QED) is 0.575. The Bertz CT molecular complexity index is 843. The molecule has 0 unspecified atom stereocenters. The van der Waals surface area contributed by atoms with Crippen LogP contribution in [-0.2, 0) is 0 Å². The second-order valence-corrected chi connectivity index (χ2v) is 7.55. The van der Waals surface area contributed by atoms with Crippen LogP contribution in [0.5, 0.6) is 0 Å². The minimum Gasteiger partial charge on any atom is -0.351 e. The van der Waals surface area contributed by atoms with E-state index in [0.717, 1.165) is 23.0 Å². The molecule has 2 aromatic heterocycles. The van der Waals surface area contributed by atoms with Crippen LogP contribution in [0.15, 0.2) is 60.9 Å². The lowest BCUT2D eigenvalue weighted by atomic mass is 10.0. The van der Waals surface area contributed by atoms with Gasteiger partial charge in [0.25, 0.3) is 0 Å². The Balaban J connectivity index is 1.68. The molecule has 0 amide bonds. The van der Waals surface area contributed by atoms with Crippen LogP contribution in [0.1, 0.15) is 50.7 Å². The zero-order valence-electron chi connectivity index (χ0n) is 16.3. The molecule has 0 N–H and O–H groups in total. The molecule has 0 bridgehead atoms. The predicted molar refractivity (Wildman–Crippen MR) is 113 cm³/mol. The number of pyridine rings is 2. The van der Waals surface area contributed by atoms with Gasteiger partial charge in [0.05, 0.1) is 11.4 Å². The monoisotopic (exact) mass is 355 g/mol. The summed E-state index contributed by atoms with van der Waals surface area (Å²) in [5.41, 5.74) is 4.71. The molecule has 3 heterocycles. The van der Waals surface area contributed by atoms with Crippen molar-refractivity contribution in [2.45, 2.75) is 39.5 Å². The SMILES string of the molecule is CC(C)c1ccc(N2[B]N(c3ccc(C(C)C)cn3)c3ccccc32)nc1. The van der Waals surface area contributed by atoms with E-state index in [1.165, 1.54) is 11.1 Å². The van der Waals surface area contributed by atoms with Crippen molar-refractivity contribution >= 4 is 30.6 Å². The second-order valence-electron chi connectivity index (χ2n) is 7.55. The van der Waals surface area contributed by atoms with Gasteiger partial charge in [-0.1, -0.05) is 52.0 Å². The highest BCUT2D eigenvalue weighted by atomic mass is 15.3. The first kappa shape index (κ1) is 17.6. The molecule has 0 spiro atoms. The number of benzene rings is 1. The number of nitrogens with zero attached hydrogens (tertiary/aromatic N) is 4. The first-order valence-electron chi connectivity index (χ1n) is 9.49. The highest BCUT2D eigenvalue weighted by molar-refractivity contribution is 6.54. The maximum Gasteiger partial charge on any atom is 0.403 e. The lowest BCUT2D eigenvalue weighted by molar-refractivity contribution is 0.858. The van der Waals surface area contributed by atoms with Gasteiger partial charge in [-0.2, -0.15) is 0 Å². The van der Waals surface area contributed by atoms with E-state index in [2.05, 4.69) is 93.4 Å². The summed E-state index contributed by atoms with van der Waals surface area (Å²) in [6, 6.07) is 16.8. The Morgan fingerprint density at radius 3 is 1.44 bits per heavy atom. The van der Waals surface area contributed by atoms with E-state index in [4.69, 9.17) is 9.97 Å². The van der Waals surface area contributed by atoms with Crippen molar-refractivity contribution in [3.8, 4) is 0 Å². The highest BCUT2D eigenvalue weighted by Crippen LogP contribution is 2.41. The zero-order chi connectivity index (χ0) is 19.0. The first-order valence-corrected chi connectivity index (χ1v) is 9.49. The number of hydrogen-bond donors (Lipinski definition) is 0. The molecule has 1 aliphatic rings. The van der Waals surface area contributed by atoms with Gasteiger partial charge in [0.2, 0.25) is 0 Å². The minimum absolute atomic E-state index is 0.474. The summed E-state index contributed by atoms with van der Waals surface area (Å²) >= 11 is 0. The molecule has 5 heteroatoms. The van der Waals surface area contributed by atoms with Crippen molar-refractivity contribution in [1.82, 2.24) is 9.97 Å². The number of anilines is 4. The Morgan fingerprint density at radius 1 is 0.667 bits per heavy atom. The highest BCUT2D eigenvalue weighted by Gasteiger charge is 2.31. The molecule has 3 aromatic rings. The molecule has 0 saturated heterocycles. The van der Waals surface area contributed by atoms with E-state index in [9.17, 15) is 0 Å². The fraction of sp³-hybridized carbons (Fsp3) is 0.273. The third-order valence-electron chi connectivity index (χ3n) is 5.00. The number of aromatic nitrogens is 2. The molecule has 1 aromatic carbocycles. The lowest BCUT2D eigenvalue weighted by Crippen LogP contribution is -2.29. The van der Waals surface area contributed by atoms with E-state index in [0.29, 0.717) is 11.8 Å². The summed E-state index contributed by atoms with van der Waals surface area (Å²) < 4.78 is 0. The average Bonchev–Trinajstić information content (AvgIpc) is 3.08. The normalized spacial score (nSPS) is 13.3. The molecule has 0 atom stereocenters. The molecule has 4 nitrogen and oxygen atoms in total. The van der Waals surface area contributed by atoms with Crippen LogP contribution in [0, 0.1) is 0 Å². The molecule has 0 fully saturated rings. The second kappa shape index (κ2) is 7.07. The Labute approximate surface area is 162 Å². The van der Waals surface area contributed by atoms with Gasteiger partial charge in [0.15, 0.2) is 0 Å². The molecule has 1 radical (unpaired) electrons. The molecule has 4 rings (SSSR count). The lowest BCUT2D eigenvalue weighted by Gasteiger charge is -2.19. The van der Waals surface area contributed by atoms with E-state index in [1.807, 2.05) is 12.4 Å². The van der Waals surface area contributed by atoms with Crippen LogP contribution in [0.4, 0.5) is 23.0 Å². The average molecular weight is 355 g/mol. The van der Waals surface area contributed by atoms with Crippen LogP contribution < -0.4 is 9.62 Å². The van der Waals surface area contributed by atoms with Crippen molar-refractivity contribution < 1.29 is 0 Å². The van der Waals surface area contributed by atoms with Crippen LogP contribution in [-0.4, -0.2) is 17.5 Å². The van der Waals surface area contributed by atoms with Crippen molar-refractivity contribution in [1.29, 1.82) is 0 Å². The minimum atomic E-state index is 0.474. The molecular weight excluding hydrogens is 331 g/mol. The topological polar surface area (TPSA) is 32.3 Å². The van der Waals surface area contributed by atoms with E-state index in [1.54, 1.807) is 0 Å². The summed E-state index contributed by atoms with van der Waals surface area (Å²) in [4.78, 5) is 13.6. The zero-order valence-corrected chi connectivity index (χ0v) is 16.3. The molecule has 1 aliphatic heterocycles. The van der Waals surface area contributed by atoms with Crippen molar-refractivity contribution in [2.75, 3.05) is 9.62 Å². The largest absolute Gasteiger partial charge is 0.403 e. The van der Waals surface area contributed by atoms with Gasteiger partial charge in [-0.15, -0.1) is 0 Å². The number of para-hydroxylation sites is 2. The molecule has 0 saturated carbocycles. The van der Waals surface area contributed by atoms with Gasteiger partial charge in [-0.05, 0) is 47.2 Å². The molecule has 135 valence electrons. The summed E-state index contributed by atoms with van der Waals surface area (Å²) in [5, 5.41) is 0. The van der Waals surface area contributed by atoms with Gasteiger partial charge < -0.3 is 9.62 Å². The Kier molecular flexibility index (Phi) is 4.60. The van der Waals surface area contributed by atoms with Crippen LogP contribution >= 0.6 is 0 Å². The number of rotatable bonds is 4. The third-order valence-corrected chi connectivity index (χ3v) is 5.00. The smallest absolute Gasteiger partial charge is 0.351 e. The molecular formula is C22H24BN4. The van der Waals surface area contributed by atoms with Gasteiger partial charge in [-0.3, -0.25) is 0 Å². The summed E-state index contributed by atoms with van der Waals surface area (Å²) in [7, 11) is 2.07. The van der Waals surface area contributed by atoms with Crippen molar-refractivity contribution in [2.24, 2.45) is 0 Å². The van der Waals surface area contributed by atoms with Gasteiger partial charge in [-0.25, -0.2) is 9.97 Å². The number of hydrogen-bond acceptors (Lipinski definition) is 4. The summed E-state index contributed by atoms with van der Waals surface area (Å²) in [6.07, 6.45) is 3.93. The van der Waals surface area contributed by atoms with E-state index < -0.39 is 0 Å². The number of fused-ring (bicyclic) bond motifs is 1.